The Morgan fingerprint density at radius 2 is 2.04 bits per heavy atom. The van der Waals surface area contributed by atoms with E-state index in [1.807, 2.05) is 31.2 Å². The number of benzene rings is 1. The molecule has 0 aliphatic heterocycles. The number of aryl methyl sites for hydroxylation is 1. The van der Waals surface area contributed by atoms with Crippen LogP contribution in [0, 0.1) is 6.92 Å². The highest BCUT2D eigenvalue weighted by atomic mass is 32.1. The SMILES string of the molecule is Cc1ncc(C(=O)NCCc2ccc(OCC(=O)NC3CC3)cc2)s1. The molecule has 7 heteroatoms. The smallest absolute Gasteiger partial charge is 0.263 e. The van der Waals surface area contributed by atoms with Crippen LogP contribution >= 0.6 is 11.3 Å². The van der Waals surface area contributed by atoms with Gasteiger partial charge in [-0.05, 0) is 43.9 Å². The van der Waals surface area contributed by atoms with Gasteiger partial charge in [-0.3, -0.25) is 9.59 Å². The Labute approximate surface area is 150 Å². The van der Waals surface area contributed by atoms with Gasteiger partial charge in [-0.15, -0.1) is 11.3 Å². The standard InChI is InChI=1S/C18H21N3O3S/c1-12-20-10-16(25-12)18(23)19-9-8-13-2-6-15(7-3-13)24-11-17(22)21-14-4-5-14/h2-3,6-7,10,14H,4-5,8-9,11H2,1H3,(H,19,23)(H,21,22). The van der Waals surface area contributed by atoms with Gasteiger partial charge in [0, 0.05) is 12.6 Å². The molecule has 0 bridgehead atoms. The molecule has 1 aromatic carbocycles. The molecular weight excluding hydrogens is 338 g/mol. The zero-order chi connectivity index (χ0) is 17.6. The topological polar surface area (TPSA) is 80.3 Å². The van der Waals surface area contributed by atoms with Gasteiger partial charge in [0.25, 0.3) is 11.8 Å². The third-order valence-electron chi connectivity index (χ3n) is 3.78. The van der Waals surface area contributed by atoms with E-state index in [-0.39, 0.29) is 18.4 Å². The van der Waals surface area contributed by atoms with Crippen LogP contribution in [0.4, 0.5) is 0 Å². The first-order valence-electron chi connectivity index (χ1n) is 8.32. The quantitative estimate of drug-likeness (QED) is 0.756. The number of hydrogen-bond donors (Lipinski definition) is 2. The number of hydrogen-bond acceptors (Lipinski definition) is 5. The van der Waals surface area contributed by atoms with Crippen LogP contribution in [0.1, 0.15) is 33.1 Å². The highest BCUT2D eigenvalue weighted by Crippen LogP contribution is 2.18. The summed E-state index contributed by atoms with van der Waals surface area (Å²) < 4.78 is 5.47. The van der Waals surface area contributed by atoms with Gasteiger partial charge < -0.3 is 15.4 Å². The second kappa shape index (κ2) is 8.11. The molecule has 3 rings (SSSR count). The lowest BCUT2D eigenvalue weighted by atomic mass is 10.1. The molecule has 1 aliphatic rings. The minimum absolute atomic E-state index is 0.0418. The van der Waals surface area contributed by atoms with Crippen molar-refractivity contribution in [3.8, 4) is 5.75 Å². The number of nitrogens with one attached hydrogen (secondary N) is 2. The molecule has 0 spiro atoms. The van der Waals surface area contributed by atoms with Crippen molar-refractivity contribution in [2.75, 3.05) is 13.2 Å². The summed E-state index contributed by atoms with van der Waals surface area (Å²) in [6.07, 6.45) is 4.46. The van der Waals surface area contributed by atoms with Crippen LogP contribution in [0.25, 0.3) is 0 Å². The van der Waals surface area contributed by atoms with Gasteiger partial charge >= 0.3 is 0 Å². The average molecular weight is 359 g/mol. The van der Waals surface area contributed by atoms with E-state index in [0.717, 1.165) is 29.8 Å². The van der Waals surface area contributed by atoms with E-state index in [2.05, 4.69) is 15.6 Å². The lowest BCUT2D eigenvalue weighted by Crippen LogP contribution is -2.30. The van der Waals surface area contributed by atoms with E-state index < -0.39 is 0 Å². The molecule has 1 aliphatic carbocycles. The van der Waals surface area contributed by atoms with E-state index in [9.17, 15) is 9.59 Å². The fourth-order valence-electron chi connectivity index (χ4n) is 2.27. The van der Waals surface area contributed by atoms with Gasteiger partial charge in [0.2, 0.25) is 0 Å². The van der Waals surface area contributed by atoms with E-state index in [1.54, 1.807) is 6.20 Å². The Kier molecular flexibility index (Phi) is 5.65. The largest absolute Gasteiger partial charge is 0.484 e. The molecule has 2 amide bonds. The van der Waals surface area contributed by atoms with Crippen molar-refractivity contribution in [2.45, 2.75) is 32.2 Å². The molecular formula is C18H21N3O3S. The monoisotopic (exact) mass is 359 g/mol. The maximum Gasteiger partial charge on any atom is 0.263 e. The fourth-order valence-corrected chi connectivity index (χ4v) is 2.97. The summed E-state index contributed by atoms with van der Waals surface area (Å²) in [4.78, 5) is 28.2. The molecule has 1 fully saturated rings. The molecule has 132 valence electrons. The zero-order valence-electron chi connectivity index (χ0n) is 14.1. The minimum atomic E-state index is -0.0905. The summed E-state index contributed by atoms with van der Waals surface area (Å²) in [5.74, 6) is 0.499. The van der Waals surface area contributed by atoms with Crippen molar-refractivity contribution in [1.82, 2.24) is 15.6 Å². The summed E-state index contributed by atoms with van der Waals surface area (Å²) in [7, 11) is 0. The molecule has 6 nitrogen and oxygen atoms in total. The number of aromatic nitrogens is 1. The molecule has 1 aromatic heterocycles. The van der Waals surface area contributed by atoms with Crippen LogP contribution in [0.5, 0.6) is 5.75 Å². The van der Waals surface area contributed by atoms with Crippen molar-refractivity contribution in [3.63, 3.8) is 0 Å². The van der Waals surface area contributed by atoms with Gasteiger partial charge in [0.05, 0.1) is 11.2 Å². The summed E-state index contributed by atoms with van der Waals surface area (Å²) in [5, 5.41) is 6.65. The summed E-state index contributed by atoms with van der Waals surface area (Å²) in [6.45, 7) is 2.47. The van der Waals surface area contributed by atoms with Crippen molar-refractivity contribution < 1.29 is 14.3 Å². The third-order valence-corrected chi connectivity index (χ3v) is 4.69. The maximum atomic E-state index is 11.9. The van der Waals surface area contributed by atoms with Crippen LogP contribution in [0.2, 0.25) is 0 Å². The van der Waals surface area contributed by atoms with Crippen LogP contribution in [0.15, 0.2) is 30.5 Å². The van der Waals surface area contributed by atoms with Gasteiger partial charge in [-0.25, -0.2) is 4.98 Å². The number of carbonyl (C=O) groups excluding carboxylic acids is 2. The fraction of sp³-hybridized carbons (Fsp3) is 0.389. The molecule has 2 aromatic rings. The summed E-state index contributed by atoms with van der Waals surface area (Å²) in [6, 6.07) is 7.92. The maximum absolute atomic E-state index is 11.9. The van der Waals surface area contributed by atoms with E-state index in [4.69, 9.17) is 4.74 Å². The molecule has 0 unspecified atom stereocenters. The molecule has 0 atom stereocenters. The van der Waals surface area contributed by atoms with E-state index >= 15 is 0 Å². The number of amides is 2. The first-order chi connectivity index (χ1) is 12.1. The lowest BCUT2D eigenvalue weighted by molar-refractivity contribution is -0.123. The number of nitrogens with zero attached hydrogens (tertiary/aromatic N) is 1. The Morgan fingerprint density at radius 3 is 2.68 bits per heavy atom. The van der Waals surface area contributed by atoms with Crippen LogP contribution < -0.4 is 15.4 Å². The Bertz CT molecular complexity index is 738. The normalized spacial score (nSPS) is 13.3. The highest BCUT2D eigenvalue weighted by Gasteiger charge is 2.23. The van der Waals surface area contributed by atoms with Crippen LogP contribution in [-0.2, 0) is 11.2 Å². The number of ether oxygens (including phenoxy) is 1. The van der Waals surface area contributed by atoms with Gasteiger partial charge in [-0.1, -0.05) is 12.1 Å². The molecule has 25 heavy (non-hydrogen) atoms. The predicted octanol–water partition coefficient (Wildman–Crippen LogP) is 2.08. The first-order valence-corrected chi connectivity index (χ1v) is 9.13. The summed E-state index contributed by atoms with van der Waals surface area (Å²) >= 11 is 1.39. The minimum Gasteiger partial charge on any atom is -0.484 e. The number of rotatable bonds is 8. The molecule has 1 saturated carbocycles. The van der Waals surface area contributed by atoms with Crippen molar-refractivity contribution in [1.29, 1.82) is 0 Å². The lowest BCUT2D eigenvalue weighted by Gasteiger charge is -2.08. The van der Waals surface area contributed by atoms with Crippen molar-refractivity contribution in [2.24, 2.45) is 0 Å². The van der Waals surface area contributed by atoms with Gasteiger partial charge in [0.1, 0.15) is 10.6 Å². The Hall–Kier alpha value is -2.41. The summed E-state index contributed by atoms with van der Waals surface area (Å²) in [5.41, 5.74) is 1.09. The molecule has 0 saturated heterocycles. The number of carbonyl (C=O) groups is 2. The van der Waals surface area contributed by atoms with E-state index in [0.29, 0.717) is 23.2 Å². The second-order valence-corrected chi connectivity index (χ2v) is 7.26. The third kappa shape index (κ3) is 5.56. The molecule has 0 radical (unpaired) electrons. The van der Waals surface area contributed by atoms with Crippen LogP contribution in [-0.4, -0.2) is 36.0 Å². The highest BCUT2D eigenvalue weighted by molar-refractivity contribution is 7.13. The first kappa shape index (κ1) is 17.4. The molecule has 2 N–H and O–H groups in total. The van der Waals surface area contributed by atoms with Gasteiger partial charge in [-0.2, -0.15) is 0 Å². The van der Waals surface area contributed by atoms with Gasteiger partial charge in [0.15, 0.2) is 6.61 Å². The zero-order valence-corrected chi connectivity index (χ0v) is 14.9. The van der Waals surface area contributed by atoms with Crippen molar-refractivity contribution >= 4 is 23.2 Å². The number of thiazole rings is 1. The van der Waals surface area contributed by atoms with Crippen molar-refractivity contribution in [3.05, 3.63) is 45.9 Å². The van der Waals surface area contributed by atoms with E-state index in [1.165, 1.54) is 11.3 Å². The Balaban J connectivity index is 1.38. The average Bonchev–Trinajstić information content (AvgIpc) is 3.31. The predicted molar refractivity (Wildman–Crippen MR) is 96.0 cm³/mol. The molecule has 1 heterocycles. The second-order valence-electron chi connectivity index (χ2n) is 6.02. The van der Waals surface area contributed by atoms with Crippen LogP contribution in [0.3, 0.4) is 0 Å². The Morgan fingerprint density at radius 1 is 1.28 bits per heavy atom.